The van der Waals surface area contributed by atoms with Crippen LogP contribution in [-0.2, 0) is 10.0 Å². The third-order valence-electron chi connectivity index (χ3n) is 7.08. The molecular weight excluding hydrogens is 384 g/mol. The summed E-state index contributed by atoms with van der Waals surface area (Å²) in [6.45, 7) is 0. The molecule has 4 fully saturated rings. The summed E-state index contributed by atoms with van der Waals surface area (Å²) in [5, 5.41) is 0. The molecule has 2 aromatic carbocycles. The van der Waals surface area contributed by atoms with Crippen LogP contribution >= 0.6 is 0 Å². The zero-order valence-corrected chi connectivity index (χ0v) is 17.5. The second-order valence-electron chi connectivity index (χ2n) is 9.29. The molecule has 6 rings (SSSR count). The summed E-state index contributed by atoms with van der Waals surface area (Å²) in [7, 11) is -2.06. The van der Waals surface area contributed by atoms with Gasteiger partial charge in [0.25, 0.3) is 0 Å². The zero-order chi connectivity index (χ0) is 20.2. The van der Waals surface area contributed by atoms with Gasteiger partial charge in [0.15, 0.2) is 0 Å². The maximum atomic E-state index is 13.6. The lowest BCUT2D eigenvalue weighted by Gasteiger charge is -2.56. The number of anilines is 1. The van der Waals surface area contributed by atoms with Crippen LogP contribution in [0, 0.1) is 17.8 Å². The quantitative estimate of drug-likeness (QED) is 0.722. The minimum atomic E-state index is -3.67. The van der Waals surface area contributed by atoms with Crippen molar-refractivity contribution in [3.8, 4) is 16.9 Å². The highest BCUT2D eigenvalue weighted by molar-refractivity contribution is 7.89. The van der Waals surface area contributed by atoms with E-state index in [4.69, 9.17) is 10.5 Å². The van der Waals surface area contributed by atoms with Crippen LogP contribution in [0.2, 0.25) is 0 Å². The molecule has 4 bridgehead atoms. The Balaban J connectivity index is 1.51. The molecule has 3 N–H and O–H groups in total. The summed E-state index contributed by atoms with van der Waals surface area (Å²) >= 11 is 0. The molecule has 4 aliphatic carbocycles. The largest absolute Gasteiger partial charge is 0.497 e. The van der Waals surface area contributed by atoms with Crippen LogP contribution in [0.1, 0.15) is 38.5 Å². The van der Waals surface area contributed by atoms with Gasteiger partial charge in [0.1, 0.15) is 5.75 Å². The Bertz CT molecular complexity index is 995. The fourth-order valence-corrected chi connectivity index (χ4v) is 8.00. The van der Waals surface area contributed by atoms with E-state index in [2.05, 4.69) is 4.72 Å². The van der Waals surface area contributed by atoms with Gasteiger partial charge in [0.2, 0.25) is 10.0 Å². The molecule has 4 saturated carbocycles. The Hall–Kier alpha value is -2.05. The van der Waals surface area contributed by atoms with Gasteiger partial charge in [0, 0.05) is 16.8 Å². The zero-order valence-electron chi connectivity index (χ0n) is 16.7. The first-order chi connectivity index (χ1) is 13.9. The molecule has 154 valence electrons. The van der Waals surface area contributed by atoms with Crippen molar-refractivity contribution in [3.05, 3.63) is 42.5 Å². The molecule has 29 heavy (non-hydrogen) atoms. The highest BCUT2D eigenvalue weighted by Gasteiger charge is 2.52. The summed E-state index contributed by atoms with van der Waals surface area (Å²) in [5.74, 6) is 2.76. The van der Waals surface area contributed by atoms with E-state index < -0.39 is 10.0 Å². The van der Waals surface area contributed by atoms with Crippen molar-refractivity contribution < 1.29 is 13.2 Å². The van der Waals surface area contributed by atoms with Crippen molar-refractivity contribution in [1.29, 1.82) is 0 Å². The lowest BCUT2D eigenvalue weighted by Crippen LogP contribution is -2.59. The fourth-order valence-electron chi connectivity index (χ4n) is 6.35. The van der Waals surface area contributed by atoms with E-state index in [1.54, 1.807) is 25.3 Å². The van der Waals surface area contributed by atoms with Gasteiger partial charge >= 0.3 is 0 Å². The average Bonchev–Trinajstić information content (AvgIpc) is 2.66. The van der Waals surface area contributed by atoms with Crippen molar-refractivity contribution >= 4 is 15.7 Å². The van der Waals surface area contributed by atoms with Crippen LogP contribution in [0.5, 0.6) is 5.75 Å². The standard InChI is InChI=1S/C23H28N2O3S/c1-28-20-5-2-18(3-6-20)21-11-19(24)4-7-22(21)29(26,27)25-23-12-15-8-16(13-23)10-17(9-15)14-23/h2-7,11,15-17,25H,8-10,12-14,24H2,1H3. The lowest BCUT2D eigenvalue weighted by atomic mass is 9.53. The SMILES string of the molecule is COc1ccc(-c2cc(N)ccc2S(=O)(=O)NC23CC4CC(CC(C4)C2)C3)cc1. The smallest absolute Gasteiger partial charge is 0.241 e. The molecule has 0 radical (unpaired) electrons. The van der Waals surface area contributed by atoms with Crippen molar-refractivity contribution in [2.75, 3.05) is 12.8 Å². The first-order valence-corrected chi connectivity index (χ1v) is 11.9. The Morgan fingerprint density at radius 2 is 1.55 bits per heavy atom. The predicted octanol–water partition coefficient (Wildman–Crippen LogP) is 4.19. The van der Waals surface area contributed by atoms with Crippen molar-refractivity contribution in [2.24, 2.45) is 17.8 Å². The molecular formula is C23H28N2O3S. The summed E-state index contributed by atoms with van der Waals surface area (Å²) in [5.41, 5.74) is 7.72. The van der Waals surface area contributed by atoms with Gasteiger partial charge in [-0.2, -0.15) is 0 Å². The topological polar surface area (TPSA) is 81.4 Å². The molecule has 0 aliphatic heterocycles. The second-order valence-corrected chi connectivity index (χ2v) is 10.9. The average molecular weight is 413 g/mol. The van der Waals surface area contributed by atoms with E-state index in [0.717, 1.165) is 30.6 Å². The first kappa shape index (κ1) is 18.9. The van der Waals surface area contributed by atoms with Gasteiger partial charge in [-0.25, -0.2) is 13.1 Å². The maximum absolute atomic E-state index is 13.6. The number of benzene rings is 2. The number of nitrogens with one attached hydrogen (secondary N) is 1. The van der Waals surface area contributed by atoms with Crippen LogP contribution in [0.4, 0.5) is 5.69 Å². The van der Waals surface area contributed by atoms with Crippen molar-refractivity contribution in [2.45, 2.75) is 49.0 Å². The third-order valence-corrected chi connectivity index (χ3v) is 8.72. The summed E-state index contributed by atoms with van der Waals surface area (Å²) in [4.78, 5) is 0.299. The Morgan fingerprint density at radius 1 is 0.966 bits per heavy atom. The van der Waals surface area contributed by atoms with E-state index in [9.17, 15) is 8.42 Å². The van der Waals surface area contributed by atoms with Crippen LogP contribution in [0.15, 0.2) is 47.4 Å². The minimum Gasteiger partial charge on any atom is -0.497 e. The normalized spacial score (nSPS) is 30.4. The number of nitrogens with two attached hydrogens (primary N) is 1. The number of ether oxygens (including phenoxy) is 1. The molecule has 0 spiro atoms. The van der Waals surface area contributed by atoms with Gasteiger partial charge in [-0.05, 0) is 92.2 Å². The minimum absolute atomic E-state index is 0.272. The van der Waals surface area contributed by atoms with Gasteiger partial charge in [-0.3, -0.25) is 0 Å². The number of hydrogen-bond acceptors (Lipinski definition) is 4. The third kappa shape index (κ3) is 3.42. The summed E-state index contributed by atoms with van der Waals surface area (Å²) < 4.78 is 35.5. The number of nitrogen functional groups attached to an aromatic ring is 1. The Labute approximate surface area is 172 Å². The van der Waals surface area contributed by atoms with Crippen LogP contribution in [0.25, 0.3) is 11.1 Å². The van der Waals surface area contributed by atoms with Crippen LogP contribution in [-0.4, -0.2) is 21.1 Å². The van der Waals surface area contributed by atoms with Crippen molar-refractivity contribution in [1.82, 2.24) is 4.72 Å². The second kappa shape index (κ2) is 6.74. The van der Waals surface area contributed by atoms with Gasteiger partial charge < -0.3 is 10.5 Å². The van der Waals surface area contributed by atoms with Gasteiger partial charge in [0.05, 0.1) is 12.0 Å². The monoisotopic (exact) mass is 412 g/mol. The number of sulfonamides is 1. The summed E-state index contributed by atoms with van der Waals surface area (Å²) in [6.07, 6.45) is 6.76. The molecule has 2 aromatic rings. The molecule has 5 nitrogen and oxygen atoms in total. The molecule has 0 saturated heterocycles. The van der Waals surface area contributed by atoms with E-state index in [1.165, 1.54) is 19.3 Å². The molecule has 0 atom stereocenters. The number of hydrogen-bond donors (Lipinski definition) is 2. The van der Waals surface area contributed by atoms with E-state index in [-0.39, 0.29) is 5.54 Å². The Kier molecular flexibility index (Phi) is 4.40. The van der Waals surface area contributed by atoms with Crippen LogP contribution < -0.4 is 15.2 Å². The van der Waals surface area contributed by atoms with E-state index in [0.29, 0.717) is 33.9 Å². The first-order valence-electron chi connectivity index (χ1n) is 10.4. The van der Waals surface area contributed by atoms with E-state index in [1.807, 2.05) is 24.3 Å². The van der Waals surface area contributed by atoms with E-state index >= 15 is 0 Å². The van der Waals surface area contributed by atoms with Crippen LogP contribution in [0.3, 0.4) is 0 Å². The van der Waals surface area contributed by atoms with Gasteiger partial charge in [-0.1, -0.05) is 12.1 Å². The number of rotatable bonds is 5. The predicted molar refractivity (Wildman–Crippen MR) is 114 cm³/mol. The lowest BCUT2D eigenvalue weighted by molar-refractivity contribution is -0.00809. The van der Waals surface area contributed by atoms with Gasteiger partial charge in [-0.15, -0.1) is 0 Å². The molecule has 6 heteroatoms. The maximum Gasteiger partial charge on any atom is 0.241 e. The molecule has 0 heterocycles. The molecule has 0 unspecified atom stereocenters. The Morgan fingerprint density at radius 3 is 2.10 bits per heavy atom. The molecule has 0 aromatic heterocycles. The molecule has 0 amide bonds. The highest BCUT2D eigenvalue weighted by Crippen LogP contribution is 2.56. The highest BCUT2D eigenvalue weighted by atomic mass is 32.2. The van der Waals surface area contributed by atoms with Crippen molar-refractivity contribution in [3.63, 3.8) is 0 Å². The number of methoxy groups -OCH3 is 1. The fraction of sp³-hybridized carbons (Fsp3) is 0.478. The molecule has 4 aliphatic rings. The summed E-state index contributed by atoms with van der Waals surface area (Å²) in [6, 6.07) is 12.5.